The molecule has 2 aromatic rings. The molecule has 0 amide bonds. The molecule has 2 heterocycles. The van der Waals surface area contributed by atoms with Crippen LogP contribution in [0.4, 0.5) is 5.82 Å². The van der Waals surface area contributed by atoms with Crippen LogP contribution in [0.1, 0.15) is 11.1 Å². The number of hydrogen-bond acceptors (Lipinski definition) is 4. The first kappa shape index (κ1) is 11.8. The largest absolute Gasteiger partial charge is 0.369 e. The molecule has 0 unspecified atom stereocenters. The Morgan fingerprint density at radius 2 is 2.06 bits per heavy atom. The third kappa shape index (κ3) is 3.39. The molecule has 17 heavy (non-hydrogen) atoms. The van der Waals surface area contributed by atoms with Gasteiger partial charge in [0.1, 0.15) is 5.82 Å². The number of pyridine rings is 1. The van der Waals surface area contributed by atoms with Crippen molar-refractivity contribution in [3.63, 3.8) is 0 Å². The van der Waals surface area contributed by atoms with Crippen LogP contribution in [0.5, 0.6) is 0 Å². The van der Waals surface area contributed by atoms with Gasteiger partial charge in [-0.1, -0.05) is 0 Å². The lowest BCUT2D eigenvalue weighted by Crippen LogP contribution is -2.08. The number of halogens is 1. The predicted octanol–water partition coefficient (Wildman–Crippen LogP) is 2.49. The van der Waals surface area contributed by atoms with Crippen LogP contribution in [-0.2, 0) is 6.42 Å². The minimum Gasteiger partial charge on any atom is -0.369 e. The Bertz CT molecular complexity index is 487. The lowest BCUT2D eigenvalue weighted by atomic mass is 10.2. The fourth-order valence-electron chi connectivity index (χ4n) is 1.47. The molecule has 0 aliphatic rings. The minimum absolute atomic E-state index is 0.266. The number of aromatic nitrogens is 3. The SMILES string of the molecule is Cc1cnc(Cl)nc1NCCc1ccncc1. The summed E-state index contributed by atoms with van der Waals surface area (Å²) < 4.78 is 0. The zero-order chi connectivity index (χ0) is 12.1. The second-order valence-corrected chi connectivity index (χ2v) is 4.04. The van der Waals surface area contributed by atoms with Crippen LogP contribution in [-0.4, -0.2) is 21.5 Å². The Hall–Kier alpha value is -1.68. The highest BCUT2D eigenvalue weighted by Crippen LogP contribution is 2.12. The summed E-state index contributed by atoms with van der Waals surface area (Å²) in [5.41, 5.74) is 2.23. The molecule has 88 valence electrons. The molecule has 0 atom stereocenters. The van der Waals surface area contributed by atoms with E-state index in [-0.39, 0.29) is 5.28 Å². The second-order valence-electron chi connectivity index (χ2n) is 3.70. The quantitative estimate of drug-likeness (QED) is 0.845. The fraction of sp³-hybridized carbons (Fsp3) is 0.250. The van der Waals surface area contributed by atoms with E-state index in [1.54, 1.807) is 18.6 Å². The van der Waals surface area contributed by atoms with E-state index >= 15 is 0 Å². The molecule has 0 saturated heterocycles. The normalized spacial score (nSPS) is 10.2. The van der Waals surface area contributed by atoms with Gasteiger partial charge in [0.25, 0.3) is 0 Å². The minimum atomic E-state index is 0.266. The highest BCUT2D eigenvalue weighted by molar-refractivity contribution is 6.28. The zero-order valence-electron chi connectivity index (χ0n) is 9.52. The van der Waals surface area contributed by atoms with E-state index in [2.05, 4.69) is 20.3 Å². The van der Waals surface area contributed by atoms with Gasteiger partial charge in [-0.15, -0.1) is 0 Å². The van der Waals surface area contributed by atoms with Gasteiger partial charge in [-0.2, -0.15) is 0 Å². The smallest absolute Gasteiger partial charge is 0.224 e. The van der Waals surface area contributed by atoms with Crippen molar-refractivity contribution >= 4 is 17.4 Å². The average molecular weight is 249 g/mol. The summed E-state index contributed by atoms with van der Waals surface area (Å²) in [7, 11) is 0. The molecule has 0 radical (unpaired) electrons. The molecular formula is C12H13ClN4. The standard InChI is InChI=1S/C12H13ClN4/c1-9-8-16-12(13)17-11(9)15-7-4-10-2-5-14-6-3-10/h2-3,5-6,8H,4,7H2,1H3,(H,15,16,17). The average Bonchev–Trinajstić information content (AvgIpc) is 2.35. The number of aryl methyl sites for hydroxylation is 1. The lowest BCUT2D eigenvalue weighted by Gasteiger charge is -2.08. The van der Waals surface area contributed by atoms with E-state index in [1.807, 2.05) is 19.1 Å². The number of nitrogens with zero attached hydrogens (tertiary/aromatic N) is 3. The van der Waals surface area contributed by atoms with Gasteiger partial charge >= 0.3 is 0 Å². The summed E-state index contributed by atoms with van der Waals surface area (Å²) in [6, 6.07) is 4.00. The molecule has 2 aromatic heterocycles. The summed E-state index contributed by atoms with van der Waals surface area (Å²) >= 11 is 5.74. The van der Waals surface area contributed by atoms with Gasteiger partial charge < -0.3 is 5.32 Å². The van der Waals surface area contributed by atoms with Crippen molar-refractivity contribution in [2.24, 2.45) is 0 Å². The molecule has 0 aliphatic carbocycles. The second kappa shape index (κ2) is 5.59. The third-order valence-electron chi connectivity index (χ3n) is 2.40. The summed E-state index contributed by atoms with van der Waals surface area (Å²) in [4.78, 5) is 12.0. The number of nitrogens with one attached hydrogen (secondary N) is 1. The van der Waals surface area contributed by atoms with Crippen LogP contribution in [0.3, 0.4) is 0 Å². The van der Waals surface area contributed by atoms with Crippen molar-refractivity contribution in [2.45, 2.75) is 13.3 Å². The van der Waals surface area contributed by atoms with Crippen LogP contribution in [0, 0.1) is 6.92 Å². The van der Waals surface area contributed by atoms with Gasteiger partial charge in [-0.3, -0.25) is 4.98 Å². The first-order valence-electron chi connectivity index (χ1n) is 5.37. The molecule has 0 bridgehead atoms. The third-order valence-corrected chi connectivity index (χ3v) is 2.58. The Balaban J connectivity index is 1.92. The molecule has 5 heteroatoms. The van der Waals surface area contributed by atoms with E-state index in [9.17, 15) is 0 Å². The Labute approximate surface area is 105 Å². The highest BCUT2D eigenvalue weighted by atomic mass is 35.5. The molecule has 0 spiro atoms. The topological polar surface area (TPSA) is 50.7 Å². The van der Waals surface area contributed by atoms with Gasteiger partial charge in [-0.05, 0) is 42.6 Å². The van der Waals surface area contributed by atoms with Gasteiger partial charge in [0.2, 0.25) is 5.28 Å². The van der Waals surface area contributed by atoms with Gasteiger partial charge in [0.15, 0.2) is 0 Å². The first-order chi connectivity index (χ1) is 8.25. The van der Waals surface area contributed by atoms with Crippen LogP contribution < -0.4 is 5.32 Å². The molecule has 2 rings (SSSR count). The van der Waals surface area contributed by atoms with E-state index < -0.39 is 0 Å². The van der Waals surface area contributed by atoms with Crippen molar-refractivity contribution in [3.8, 4) is 0 Å². The van der Waals surface area contributed by atoms with Gasteiger partial charge in [0.05, 0.1) is 0 Å². The fourth-order valence-corrected chi connectivity index (χ4v) is 1.61. The zero-order valence-corrected chi connectivity index (χ0v) is 10.3. The summed E-state index contributed by atoms with van der Waals surface area (Å²) in [5, 5.41) is 3.51. The van der Waals surface area contributed by atoms with E-state index in [0.717, 1.165) is 24.3 Å². The first-order valence-corrected chi connectivity index (χ1v) is 5.75. The molecular weight excluding hydrogens is 236 g/mol. The number of rotatable bonds is 4. The van der Waals surface area contributed by atoms with E-state index in [0.29, 0.717) is 0 Å². The number of hydrogen-bond donors (Lipinski definition) is 1. The Morgan fingerprint density at radius 3 is 2.82 bits per heavy atom. The van der Waals surface area contributed by atoms with Crippen molar-refractivity contribution in [1.29, 1.82) is 0 Å². The molecule has 0 saturated carbocycles. The Kier molecular flexibility index (Phi) is 3.88. The van der Waals surface area contributed by atoms with Crippen molar-refractivity contribution in [1.82, 2.24) is 15.0 Å². The van der Waals surface area contributed by atoms with Gasteiger partial charge in [-0.25, -0.2) is 9.97 Å². The Morgan fingerprint density at radius 1 is 1.29 bits per heavy atom. The van der Waals surface area contributed by atoms with Crippen molar-refractivity contribution in [2.75, 3.05) is 11.9 Å². The molecule has 0 fully saturated rings. The molecule has 0 aliphatic heterocycles. The van der Waals surface area contributed by atoms with Gasteiger partial charge in [0, 0.05) is 30.7 Å². The van der Waals surface area contributed by atoms with Crippen molar-refractivity contribution < 1.29 is 0 Å². The van der Waals surface area contributed by atoms with E-state index in [1.165, 1.54) is 5.56 Å². The maximum absolute atomic E-state index is 5.74. The summed E-state index contributed by atoms with van der Waals surface area (Å²) in [6.45, 7) is 2.75. The van der Waals surface area contributed by atoms with Crippen LogP contribution in [0.15, 0.2) is 30.7 Å². The maximum Gasteiger partial charge on any atom is 0.224 e. The lowest BCUT2D eigenvalue weighted by molar-refractivity contribution is 0.987. The molecule has 4 nitrogen and oxygen atoms in total. The number of anilines is 1. The van der Waals surface area contributed by atoms with E-state index in [4.69, 9.17) is 11.6 Å². The summed E-state index contributed by atoms with van der Waals surface area (Å²) in [5.74, 6) is 0.791. The maximum atomic E-state index is 5.74. The predicted molar refractivity (Wildman–Crippen MR) is 68.2 cm³/mol. The van der Waals surface area contributed by atoms with Crippen LogP contribution in [0.25, 0.3) is 0 Å². The van der Waals surface area contributed by atoms with Crippen LogP contribution >= 0.6 is 11.6 Å². The highest BCUT2D eigenvalue weighted by Gasteiger charge is 2.01. The molecule has 0 aromatic carbocycles. The molecule has 1 N–H and O–H groups in total. The van der Waals surface area contributed by atoms with Crippen LogP contribution in [0.2, 0.25) is 5.28 Å². The monoisotopic (exact) mass is 248 g/mol. The van der Waals surface area contributed by atoms with Crippen molar-refractivity contribution in [3.05, 3.63) is 47.1 Å². The summed E-state index contributed by atoms with van der Waals surface area (Å²) in [6.07, 6.45) is 6.22.